The fourth-order valence-corrected chi connectivity index (χ4v) is 2.71. The van der Waals surface area contributed by atoms with E-state index in [-0.39, 0.29) is 0 Å². The summed E-state index contributed by atoms with van der Waals surface area (Å²) in [6, 6.07) is 5.66. The van der Waals surface area contributed by atoms with Gasteiger partial charge in [-0.3, -0.25) is 4.79 Å². The summed E-state index contributed by atoms with van der Waals surface area (Å²) in [6.45, 7) is 3.46. The fraction of sp³-hybridized carbons (Fsp3) is 0.462. The zero-order valence-electron chi connectivity index (χ0n) is 9.82. The number of halogens is 1. The van der Waals surface area contributed by atoms with Crippen molar-refractivity contribution in [2.75, 3.05) is 18.0 Å². The molecule has 0 aromatic heterocycles. The second kappa shape index (κ2) is 4.78. The van der Waals surface area contributed by atoms with E-state index in [9.17, 15) is 9.90 Å². The Kier molecular flexibility index (Phi) is 3.54. The van der Waals surface area contributed by atoms with Gasteiger partial charge >= 0.3 is 0 Å². The van der Waals surface area contributed by atoms with Crippen molar-refractivity contribution in [1.29, 1.82) is 0 Å². The topological polar surface area (TPSA) is 40.5 Å². The van der Waals surface area contributed by atoms with Crippen LogP contribution in [0.4, 0.5) is 5.69 Å². The van der Waals surface area contributed by atoms with Gasteiger partial charge in [0.2, 0.25) is 0 Å². The largest absolute Gasteiger partial charge is 0.388 e. The fourth-order valence-electron chi connectivity index (χ4n) is 2.25. The predicted molar refractivity (Wildman–Crippen MR) is 71.6 cm³/mol. The van der Waals surface area contributed by atoms with Crippen LogP contribution in [-0.4, -0.2) is 30.1 Å². The molecule has 1 fully saturated rings. The molecule has 1 heterocycles. The van der Waals surface area contributed by atoms with Gasteiger partial charge in [0.1, 0.15) is 0 Å². The van der Waals surface area contributed by atoms with Gasteiger partial charge in [-0.2, -0.15) is 0 Å². The van der Waals surface area contributed by atoms with Gasteiger partial charge in [0.25, 0.3) is 0 Å². The van der Waals surface area contributed by atoms with Crippen molar-refractivity contribution in [2.24, 2.45) is 0 Å². The Bertz CT molecular complexity index is 431. The molecule has 3 nitrogen and oxygen atoms in total. The molecule has 1 aromatic carbocycles. The van der Waals surface area contributed by atoms with Gasteiger partial charge in [-0.15, -0.1) is 0 Å². The number of benzene rings is 1. The lowest BCUT2D eigenvalue weighted by Crippen LogP contribution is -2.46. The molecule has 1 aromatic rings. The summed E-state index contributed by atoms with van der Waals surface area (Å²) >= 11 is 3.38. The molecular weight excluding hydrogens is 282 g/mol. The molecule has 1 atom stereocenters. The van der Waals surface area contributed by atoms with Gasteiger partial charge in [-0.05, 0) is 53.9 Å². The normalized spacial score (nSPS) is 24.8. The average Bonchev–Trinajstić information content (AvgIpc) is 2.27. The molecule has 4 heteroatoms. The van der Waals surface area contributed by atoms with Crippen molar-refractivity contribution < 1.29 is 9.90 Å². The number of β-amino-alcohol motifs (C(OH)–C–C–N with tert-alkyl or cyclic N) is 1. The molecule has 1 saturated heterocycles. The first kappa shape index (κ1) is 12.6. The van der Waals surface area contributed by atoms with Crippen LogP contribution in [0.1, 0.15) is 30.1 Å². The van der Waals surface area contributed by atoms with Crippen molar-refractivity contribution in [2.45, 2.75) is 25.4 Å². The lowest BCUT2D eigenvalue weighted by molar-refractivity contribution is 0.0449. The summed E-state index contributed by atoms with van der Waals surface area (Å²) in [4.78, 5) is 12.9. The Hall–Kier alpha value is -0.870. The van der Waals surface area contributed by atoms with Crippen molar-refractivity contribution in [3.63, 3.8) is 0 Å². The van der Waals surface area contributed by atoms with E-state index < -0.39 is 5.60 Å². The molecule has 1 aliphatic heterocycles. The summed E-state index contributed by atoms with van der Waals surface area (Å²) in [7, 11) is 0. The Morgan fingerprint density at radius 3 is 2.88 bits per heavy atom. The minimum Gasteiger partial charge on any atom is -0.388 e. The number of anilines is 1. The Morgan fingerprint density at radius 2 is 2.29 bits per heavy atom. The maximum atomic E-state index is 10.7. The van der Waals surface area contributed by atoms with E-state index in [1.807, 2.05) is 19.1 Å². The lowest BCUT2D eigenvalue weighted by atomic mass is 9.95. The third-order valence-electron chi connectivity index (χ3n) is 3.15. The minimum absolute atomic E-state index is 0.617. The van der Waals surface area contributed by atoms with Crippen LogP contribution in [0.2, 0.25) is 0 Å². The zero-order chi connectivity index (χ0) is 12.5. The highest BCUT2D eigenvalue weighted by Crippen LogP contribution is 2.28. The molecule has 2 rings (SSSR count). The predicted octanol–water partition coefficient (Wildman–Crippen LogP) is 2.61. The molecule has 0 amide bonds. The Labute approximate surface area is 110 Å². The minimum atomic E-state index is -0.617. The van der Waals surface area contributed by atoms with Crippen molar-refractivity contribution in [1.82, 2.24) is 0 Å². The van der Waals surface area contributed by atoms with Crippen LogP contribution in [-0.2, 0) is 0 Å². The first-order valence-corrected chi connectivity index (χ1v) is 6.53. The summed E-state index contributed by atoms with van der Waals surface area (Å²) in [5, 5.41) is 10.1. The van der Waals surface area contributed by atoms with Crippen LogP contribution in [0.25, 0.3) is 0 Å². The smallest absolute Gasteiger partial charge is 0.151 e. The molecule has 92 valence electrons. The molecule has 0 saturated carbocycles. The molecule has 0 radical (unpaired) electrons. The second-order valence-corrected chi connectivity index (χ2v) is 5.70. The monoisotopic (exact) mass is 297 g/mol. The number of nitrogens with zero attached hydrogens (tertiary/aromatic N) is 1. The summed E-state index contributed by atoms with van der Waals surface area (Å²) in [6.07, 6.45) is 2.66. The van der Waals surface area contributed by atoms with E-state index in [4.69, 9.17) is 0 Å². The quantitative estimate of drug-likeness (QED) is 0.853. The highest BCUT2D eigenvalue weighted by atomic mass is 79.9. The van der Waals surface area contributed by atoms with Crippen LogP contribution in [0.5, 0.6) is 0 Å². The van der Waals surface area contributed by atoms with Gasteiger partial charge in [-0.1, -0.05) is 0 Å². The van der Waals surface area contributed by atoms with Crippen LogP contribution < -0.4 is 4.90 Å². The van der Waals surface area contributed by atoms with Crippen LogP contribution in [0, 0.1) is 0 Å². The van der Waals surface area contributed by atoms with Crippen molar-refractivity contribution in [3.8, 4) is 0 Å². The number of hydrogen-bond acceptors (Lipinski definition) is 3. The average molecular weight is 298 g/mol. The third-order valence-corrected chi connectivity index (χ3v) is 3.84. The van der Waals surface area contributed by atoms with E-state index in [0.29, 0.717) is 12.1 Å². The van der Waals surface area contributed by atoms with E-state index in [1.165, 1.54) is 0 Å². The third kappa shape index (κ3) is 2.87. The van der Waals surface area contributed by atoms with E-state index in [2.05, 4.69) is 20.8 Å². The van der Waals surface area contributed by atoms with E-state index >= 15 is 0 Å². The molecule has 1 N–H and O–H groups in total. The highest BCUT2D eigenvalue weighted by molar-refractivity contribution is 9.10. The van der Waals surface area contributed by atoms with Gasteiger partial charge in [0, 0.05) is 28.8 Å². The molecule has 0 aliphatic carbocycles. The highest BCUT2D eigenvalue weighted by Gasteiger charge is 2.28. The van der Waals surface area contributed by atoms with Crippen LogP contribution in [0.15, 0.2) is 22.7 Å². The number of aldehydes is 1. The standard InChI is InChI=1S/C13H16BrNO2/c1-13(17)5-2-6-15(9-13)11-4-3-10(8-16)12(14)7-11/h3-4,7-8,17H,2,5-6,9H2,1H3. The first-order chi connectivity index (χ1) is 8.02. The van der Waals surface area contributed by atoms with Gasteiger partial charge in [-0.25, -0.2) is 0 Å². The summed E-state index contributed by atoms with van der Waals surface area (Å²) in [5.74, 6) is 0. The summed E-state index contributed by atoms with van der Waals surface area (Å²) in [5.41, 5.74) is 1.08. The molecule has 0 bridgehead atoms. The van der Waals surface area contributed by atoms with Crippen molar-refractivity contribution in [3.05, 3.63) is 28.2 Å². The van der Waals surface area contributed by atoms with Crippen LogP contribution in [0.3, 0.4) is 0 Å². The number of hydrogen-bond donors (Lipinski definition) is 1. The maximum absolute atomic E-state index is 10.7. The molecule has 1 unspecified atom stereocenters. The second-order valence-electron chi connectivity index (χ2n) is 4.85. The first-order valence-electron chi connectivity index (χ1n) is 5.74. The number of carbonyl (C=O) groups is 1. The molecule has 17 heavy (non-hydrogen) atoms. The Balaban J connectivity index is 2.22. The number of piperidine rings is 1. The number of rotatable bonds is 2. The van der Waals surface area contributed by atoms with Gasteiger partial charge in [0.15, 0.2) is 6.29 Å². The van der Waals surface area contributed by atoms with Gasteiger partial charge < -0.3 is 10.0 Å². The number of carbonyl (C=O) groups excluding carboxylic acids is 1. The summed E-state index contributed by atoms with van der Waals surface area (Å²) < 4.78 is 0.801. The number of aliphatic hydroxyl groups is 1. The van der Waals surface area contributed by atoms with Crippen LogP contribution >= 0.6 is 15.9 Å². The van der Waals surface area contributed by atoms with Crippen molar-refractivity contribution >= 4 is 27.9 Å². The van der Waals surface area contributed by atoms with Gasteiger partial charge in [0.05, 0.1) is 5.60 Å². The lowest BCUT2D eigenvalue weighted by Gasteiger charge is -2.38. The molecular formula is C13H16BrNO2. The zero-order valence-corrected chi connectivity index (χ0v) is 11.4. The molecule has 1 aliphatic rings. The SMILES string of the molecule is CC1(O)CCCN(c2ccc(C=O)c(Br)c2)C1. The maximum Gasteiger partial charge on any atom is 0.151 e. The van der Waals surface area contributed by atoms with E-state index in [0.717, 1.165) is 35.8 Å². The molecule has 0 spiro atoms. The van der Waals surface area contributed by atoms with E-state index in [1.54, 1.807) is 6.07 Å². The Morgan fingerprint density at radius 1 is 1.53 bits per heavy atom.